The van der Waals surface area contributed by atoms with E-state index in [1.54, 1.807) is 7.11 Å². The van der Waals surface area contributed by atoms with E-state index in [1.807, 2.05) is 53.6 Å². The van der Waals surface area contributed by atoms with Crippen LogP contribution in [0.25, 0.3) is 12.2 Å². The van der Waals surface area contributed by atoms with Crippen molar-refractivity contribution in [1.82, 2.24) is 43.5 Å². The summed E-state index contributed by atoms with van der Waals surface area (Å²) in [7, 11) is 5.90. The number of hydrogen-bond donors (Lipinski definition) is 0. The van der Waals surface area contributed by atoms with Crippen molar-refractivity contribution < 1.29 is 14.3 Å². The van der Waals surface area contributed by atoms with Gasteiger partial charge in [-0.25, -0.2) is 4.98 Å². The Morgan fingerprint density at radius 2 is 1.70 bits per heavy atom. The van der Waals surface area contributed by atoms with Crippen LogP contribution in [0.15, 0.2) is 36.8 Å². The maximum Gasteiger partial charge on any atom is 0.275 e. The number of benzene rings is 1. The average Bonchev–Trinajstić information content (AvgIpc) is 4.04. The van der Waals surface area contributed by atoms with Gasteiger partial charge in [-0.05, 0) is 101 Å². The van der Waals surface area contributed by atoms with E-state index in [-0.39, 0.29) is 29.2 Å². The number of methoxy groups -OCH3 is 1. The number of anilines is 1. The molecule has 1 aromatic carbocycles. The monoisotopic (exact) mass is 908 g/mol. The van der Waals surface area contributed by atoms with Crippen molar-refractivity contribution in [2.75, 3.05) is 71.5 Å². The summed E-state index contributed by atoms with van der Waals surface area (Å²) in [4.78, 5) is 27.4. The van der Waals surface area contributed by atoms with Crippen molar-refractivity contribution in [3.63, 3.8) is 0 Å². The van der Waals surface area contributed by atoms with Gasteiger partial charge >= 0.3 is 0 Å². The molecule has 2 aliphatic heterocycles. The first-order valence-electron chi connectivity index (χ1n) is 22.8. The highest BCUT2D eigenvalue weighted by Crippen LogP contribution is 2.48. The number of carbonyl (C=O) groups excluding carboxylic acids is 1. The molecule has 1 saturated heterocycles. The van der Waals surface area contributed by atoms with Crippen LogP contribution in [-0.2, 0) is 37.7 Å². The van der Waals surface area contributed by atoms with Crippen LogP contribution >= 0.6 is 23.2 Å². The molecule has 0 saturated carbocycles. The van der Waals surface area contributed by atoms with Crippen molar-refractivity contribution in [3.05, 3.63) is 110 Å². The van der Waals surface area contributed by atoms with Gasteiger partial charge in [0.1, 0.15) is 17.8 Å². The summed E-state index contributed by atoms with van der Waals surface area (Å²) in [6.07, 6.45) is 14.7. The number of likely N-dealkylation sites (N-methyl/N-ethyl adjacent to an activating group) is 1. The minimum atomic E-state index is -0.310. The zero-order valence-electron chi connectivity index (χ0n) is 38.6. The molecule has 6 heterocycles. The molecule has 0 bridgehead atoms. The highest BCUT2D eigenvalue weighted by Gasteiger charge is 2.43. The number of carbonyl (C=O) groups is 1. The quantitative estimate of drug-likeness (QED) is 0.0824. The van der Waals surface area contributed by atoms with Crippen molar-refractivity contribution in [1.29, 1.82) is 0 Å². The van der Waals surface area contributed by atoms with Gasteiger partial charge in [0.05, 0.1) is 36.5 Å². The van der Waals surface area contributed by atoms with Crippen LogP contribution in [0.3, 0.4) is 0 Å². The van der Waals surface area contributed by atoms with E-state index in [0.717, 1.165) is 123 Å². The van der Waals surface area contributed by atoms with Gasteiger partial charge in [0.15, 0.2) is 5.82 Å². The first kappa shape index (κ1) is 44.5. The van der Waals surface area contributed by atoms with Crippen molar-refractivity contribution in [2.45, 2.75) is 90.2 Å². The summed E-state index contributed by atoms with van der Waals surface area (Å²) in [5.74, 6) is 1.40. The molecular weight excluding hydrogens is 848 g/mol. The Hall–Kier alpha value is -4.66. The Kier molecular flexibility index (Phi) is 12.7. The lowest BCUT2D eigenvalue weighted by atomic mass is 9.83. The van der Waals surface area contributed by atoms with Gasteiger partial charge in [-0.1, -0.05) is 29.8 Å². The molecule has 340 valence electrons. The van der Waals surface area contributed by atoms with Gasteiger partial charge in [-0.15, -0.1) is 11.6 Å². The molecule has 0 radical (unpaired) electrons. The average molecular weight is 910 g/mol. The number of hydrogen-bond acceptors (Lipinski definition) is 8. The summed E-state index contributed by atoms with van der Waals surface area (Å²) in [6, 6.07) is 3.93. The molecule has 4 aliphatic rings. The normalized spacial score (nSPS) is 21.2. The van der Waals surface area contributed by atoms with E-state index in [0.29, 0.717) is 45.6 Å². The number of halogens is 2. The van der Waals surface area contributed by atoms with Gasteiger partial charge in [0.2, 0.25) is 0 Å². The van der Waals surface area contributed by atoms with E-state index in [1.165, 1.54) is 0 Å². The molecule has 15 heteroatoms. The number of fused-ring (bicyclic) bond motifs is 4. The number of allylic oxidation sites excluding steroid dienone is 2. The zero-order valence-corrected chi connectivity index (χ0v) is 40.1. The fraction of sp³-hybridized carbons (Fsp3) is 0.510. The number of amides is 1. The zero-order chi connectivity index (χ0) is 45.0. The Balaban J connectivity index is 1.06. The van der Waals surface area contributed by atoms with Crippen LogP contribution in [-0.4, -0.2) is 121 Å². The van der Waals surface area contributed by atoms with Gasteiger partial charge in [-0.3, -0.25) is 19.1 Å². The number of aromatic nitrogens is 7. The summed E-state index contributed by atoms with van der Waals surface area (Å²) in [5.41, 5.74) is 12.2. The first-order valence-corrected chi connectivity index (χ1v) is 23.6. The van der Waals surface area contributed by atoms with E-state index < -0.39 is 0 Å². The predicted octanol–water partition coefficient (Wildman–Crippen LogP) is 7.75. The third-order valence-corrected chi connectivity index (χ3v) is 15.0. The maximum atomic E-state index is 15.6. The Labute approximate surface area is 387 Å². The van der Waals surface area contributed by atoms with E-state index in [9.17, 15) is 0 Å². The lowest BCUT2D eigenvalue weighted by Gasteiger charge is -2.37. The van der Waals surface area contributed by atoms with Gasteiger partial charge in [0, 0.05) is 117 Å². The van der Waals surface area contributed by atoms with Crippen LogP contribution in [0.2, 0.25) is 5.02 Å². The van der Waals surface area contributed by atoms with E-state index >= 15 is 4.79 Å². The van der Waals surface area contributed by atoms with Crippen molar-refractivity contribution in [3.8, 4) is 5.75 Å². The minimum absolute atomic E-state index is 0.00521. The lowest BCUT2D eigenvalue weighted by molar-refractivity contribution is 0.0955. The van der Waals surface area contributed by atoms with Crippen LogP contribution < -0.4 is 9.64 Å². The smallest absolute Gasteiger partial charge is 0.275 e. The maximum absolute atomic E-state index is 15.6. The molecule has 0 spiro atoms. The van der Waals surface area contributed by atoms with Crippen LogP contribution in [0, 0.1) is 27.7 Å². The van der Waals surface area contributed by atoms with Crippen molar-refractivity contribution >= 4 is 46.9 Å². The summed E-state index contributed by atoms with van der Waals surface area (Å²) >= 11 is 13.8. The third kappa shape index (κ3) is 8.27. The van der Waals surface area contributed by atoms with E-state index in [2.05, 4.69) is 77.3 Å². The second-order valence-electron chi connectivity index (χ2n) is 18.3. The van der Waals surface area contributed by atoms with Crippen LogP contribution in [0.5, 0.6) is 5.75 Å². The molecule has 2 aliphatic carbocycles. The molecule has 5 aromatic rings. The van der Waals surface area contributed by atoms with Gasteiger partial charge in [-0.2, -0.15) is 10.2 Å². The summed E-state index contributed by atoms with van der Waals surface area (Å²) in [6.45, 7) is 18.7. The molecule has 3 unspecified atom stereocenters. The Morgan fingerprint density at radius 3 is 2.42 bits per heavy atom. The SMILES string of the molecule is COCCn1cc(N2C[C@@H](C)n3c(c(CCCOc4cc(C)c(Cl)c(C)c4)c4c3C(c3c(C)nn(C)c3C)C(Cl)C=C4)C2=O)c2c1C=CC(c1ncn(CCN3CCN(C)CC3)n1)C2. The molecule has 4 atom stereocenters. The topological polar surface area (TPSA) is 104 Å². The number of piperazine rings is 1. The number of ether oxygens (including phenoxy) is 2. The van der Waals surface area contributed by atoms with Gasteiger partial charge in [0.25, 0.3) is 5.91 Å². The Morgan fingerprint density at radius 1 is 0.938 bits per heavy atom. The number of nitrogens with zero attached hydrogens (tertiary/aromatic N) is 10. The van der Waals surface area contributed by atoms with E-state index in [4.69, 9.17) is 47.9 Å². The third-order valence-electron chi connectivity index (χ3n) is 14.0. The largest absolute Gasteiger partial charge is 0.494 e. The fourth-order valence-corrected chi connectivity index (χ4v) is 10.9. The molecule has 4 aromatic heterocycles. The molecule has 64 heavy (non-hydrogen) atoms. The molecule has 13 nitrogen and oxygen atoms in total. The number of rotatable bonds is 14. The molecular formula is C49H62Cl2N10O3. The lowest BCUT2D eigenvalue weighted by Crippen LogP contribution is -2.45. The fourth-order valence-electron chi connectivity index (χ4n) is 10.5. The Bertz CT molecular complexity index is 2590. The summed E-state index contributed by atoms with van der Waals surface area (Å²) in [5, 5.41) is 10.3. The van der Waals surface area contributed by atoms with Crippen molar-refractivity contribution in [2.24, 2.45) is 7.05 Å². The molecule has 1 amide bonds. The second kappa shape index (κ2) is 18.3. The van der Waals surface area contributed by atoms with Crippen LogP contribution in [0.4, 0.5) is 5.69 Å². The van der Waals surface area contributed by atoms with Gasteiger partial charge < -0.3 is 28.4 Å². The summed E-state index contributed by atoms with van der Waals surface area (Å²) < 4.78 is 20.4. The van der Waals surface area contributed by atoms with Crippen LogP contribution in [0.1, 0.15) is 104 Å². The number of alkyl halides is 1. The first-order chi connectivity index (χ1) is 30.8. The second-order valence-corrected chi connectivity index (χ2v) is 19.2. The predicted molar refractivity (Wildman–Crippen MR) is 255 cm³/mol. The molecule has 1 fully saturated rings. The molecule has 0 N–H and O–H groups in total. The highest BCUT2D eigenvalue weighted by molar-refractivity contribution is 6.32. The highest BCUT2D eigenvalue weighted by atomic mass is 35.5. The standard InChI is InChI=1S/C49H62Cl2N10O3/c1-30-24-36(25-31(2)45(30)51)64-22-9-10-37-38-12-13-40(50)44(43-33(4)53-56(7)34(43)5)46(38)61-32(3)27-60(49(62)47(37)61)42-28-58(21-23-63-8)41-14-11-35(26-39(41)42)48-52-29-59(54-48)20-19-57-17-15-55(6)16-18-57/h11-14,24-25,28-29,32,35,40,44H,9-10,15-23,26-27H2,1-8H3/t32-,35?,40?,44?/m1/s1. The number of aryl methyl sites for hydroxylation is 4. The minimum Gasteiger partial charge on any atom is -0.494 e. The molecule has 9 rings (SSSR count).